The molecule has 27 heavy (non-hydrogen) atoms. The largest absolute Gasteiger partial charge is 0.481 e. The van der Waals surface area contributed by atoms with Crippen LogP contribution in [0.15, 0.2) is 0 Å². The average molecular weight is 388 g/mol. The number of carboxylic acid groups (broad SMARTS) is 1. The molecule has 1 N–H and O–H groups in total. The van der Waals surface area contributed by atoms with Crippen molar-refractivity contribution in [2.24, 2.45) is 5.92 Å². The van der Waals surface area contributed by atoms with Crippen LogP contribution in [-0.4, -0.2) is 77.7 Å². The number of likely N-dealkylation sites (N-methyl/N-ethyl adjacent to an activating group) is 2. The van der Waals surface area contributed by atoms with Crippen molar-refractivity contribution in [2.75, 3.05) is 21.2 Å². The molecule has 0 aliphatic rings. The van der Waals surface area contributed by atoms with E-state index < -0.39 is 48.0 Å². The Hall–Kier alpha value is -2.32. The fourth-order valence-corrected chi connectivity index (χ4v) is 2.40. The van der Waals surface area contributed by atoms with Crippen molar-refractivity contribution in [1.82, 2.24) is 9.80 Å². The summed E-state index contributed by atoms with van der Waals surface area (Å²) in [6.45, 7) is 8.91. The van der Waals surface area contributed by atoms with E-state index in [0.717, 1.165) is 12.0 Å². The second-order valence-corrected chi connectivity index (χ2v) is 7.82. The Kier molecular flexibility index (Phi) is 9.26. The van der Waals surface area contributed by atoms with Crippen molar-refractivity contribution in [3.63, 3.8) is 0 Å². The van der Waals surface area contributed by atoms with Crippen LogP contribution in [0.1, 0.15) is 47.5 Å². The highest BCUT2D eigenvalue weighted by Crippen LogP contribution is 2.18. The lowest BCUT2D eigenvalue weighted by molar-refractivity contribution is -0.157. The van der Waals surface area contributed by atoms with Crippen LogP contribution in [0, 0.1) is 5.92 Å². The minimum atomic E-state index is -1.29. The summed E-state index contributed by atoms with van der Waals surface area (Å²) < 4.78 is 9.93. The van der Waals surface area contributed by atoms with Gasteiger partial charge in [-0.25, -0.2) is 9.59 Å². The standard InChI is InChI=1S/C18H32N2O7/c1-11(2)9-12(20(7)17(25)27-18(3,4)5)15(23)19(6)13(10-14(21)22)16(24)26-8/h11-13H,9-10H2,1-8H3,(H,21,22)/t12-,13?/m0/s1. The van der Waals surface area contributed by atoms with Crippen molar-refractivity contribution in [1.29, 1.82) is 0 Å². The molecule has 0 saturated heterocycles. The number of amides is 2. The highest BCUT2D eigenvalue weighted by Gasteiger charge is 2.37. The second-order valence-electron chi connectivity index (χ2n) is 7.82. The van der Waals surface area contributed by atoms with Crippen LogP contribution in [-0.2, 0) is 23.9 Å². The monoisotopic (exact) mass is 388 g/mol. The fourth-order valence-electron chi connectivity index (χ4n) is 2.40. The van der Waals surface area contributed by atoms with Gasteiger partial charge in [0.2, 0.25) is 5.91 Å². The average Bonchev–Trinajstić information content (AvgIpc) is 2.52. The number of ether oxygens (including phenoxy) is 2. The predicted octanol–water partition coefficient (Wildman–Crippen LogP) is 1.74. The molecule has 0 radical (unpaired) electrons. The fraction of sp³-hybridized carbons (Fsp3) is 0.778. The lowest BCUT2D eigenvalue weighted by atomic mass is 10.0. The Bertz CT molecular complexity index is 554. The summed E-state index contributed by atoms with van der Waals surface area (Å²) in [5.74, 6) is -2.58. The number of hydrogen-bond donors (Lipinski definition) is 1. The van der Waals surface area contributed by atoms with Crippen molar-refractivity contribution in [2.45, 2.75) is 65.1 Å². The molecule has 2 amide bonds. The van der Waals surface area contributed by atoms with Gasteiger partial charge >= 0.3 is 18.0 Å². The van der Waals surface area contributed by atoms with E-state index in [0.29, 0.717) is 6.42 Å². The molecule has 0 aliphatic heterocycles. The quantitative estimate of drug-likeness (QED) is 0.630. The molecule has 1 unspecified atom stereocenters. The van der Waals surface area contributed by atoms with Crippen LogP contribution < -0.4 is 0 Å². The third kappa shape index (κ3) is 8.27. The first-order valence-corrected chi connectivity index (χ1v) is 8.73. The van der Waals surface area contributed by atoms with Crippen molar-refractivity contribution in [3.8, 4) is 0 Å². The number of carbonyl (C=O) groups is 4. The van der Waals surface area contributed by atoms with Gasteiger partial charge in [0.25, 0.3) is 0 Å². The normalized spacial score (nSPS) is 13.5. The van der Waals surface area contributed by atoms with Gasteiger partial charge in [-0.2, -0.15) is 0 Å². The number of carbonyl (C=O) groups excluding carboxylic acids is 3. The molecule has 9 nitrogen and oxygen atoms in total. The molecule has 0 spiro atoms. The van der Waals surface area contributed by atoms with E-state index in [2.05, 4.69) is 4.74 Å². The van der Waals surface area contributed by atoms with Gasteiger partial charge in [-0.05, 0) is 33.1 Å². The van der Waals surface area contributed by atoms with Gasteiger partial charge in [0.1, 0.15) is 17.7 Å². The van der Waals surface area contributed by atoms with Crippen LogP contribution in [0.2, 0.25) is 0 Å². The number of rotatable bonds is 8. The summed E-state index contributed by atoms with van der Waals surface area (Å²) in [4.78, 5) is 50.6. The first-order valence-electron chi connectivity index (χ1n) is 8.73. The molecule has 0 saturated carbocycles. The van der Waals surface area contributed by atoms with Gasteiger partial charge in [0.05, 0.1) is 13.5 Å². The molecule has 0 aromatic rings. The highest BCUT2D eigenvalue weighted by atomic mass is 16.6. The van der Waals surface area contributed by atoms with E-state index in [1.165, 1.54) is 19.0 Å². The molecule has 0 aromatic carbocycles. The van der Waals surface area contributed by atoms with E-state index >= 15 is 0 Å². The third-order valence-electron chi connectivity index (χ3n) is 3.79. The Morgan fingerprint density at radius 1 is 1.00 bits per heavy atom. The minimum Gasteiger partial charge on any atom is -0.481 e. The van der Waals surface area contributed by atoms with Crippen LogP contribution in [0.5, 0.6) is 0 Å². The van der Waals surface area contributed by atoms with E-state index in [9.17, 15) is 19.2 Å². The van der Waals surface area contributed by atoms with Crippen LogP contribution >= 0.6 is 0 Å². The van der Waals surface area contributed by atoms with E-state index in [-0.39, 0.29) is 5.92 Å². The number of methoxy groups -OCH3 is 1. The van der Waals surface area contributed by atoms with Gasteiger partial charge in [0, 0.05) is 14.1 Å². The van der Waals surface area contributed by atoms with Gasteiger partial charge < -0.3 is 19.5 Å². The lowest BCUT2D eigenvalue weighted by Crippen LogP contribution is -2.54. The number of esters is 1. The Morgan fingerprint density at radius 3 is 1.89 bits per heavy atom. The predicted molar refractivity (Wildman–Crippen MR) is 98.1 cm³/mol. The number of aliphatic carboxylic acids is 1. The van der Waals surface area contributed by atoms with Crippen molar-refractivity contribution >= 4 is 23.9 Å². The molecule has 0 fully saturated rings. The molecular weight excluding hydrogens is 356 g/mol. The molecular formula is C18H32N2O7. The topological polar surface area (TPSA) is 113 Å². The summed E-state index contributed by atoms with van der Waals surface area (Å²) in [5.41, 5.74) is -0.736. The molecule has 156 valence electrons. The van der Waals surface area contributed by atoms with Gasteiger partial charge in [-0.3, -0.25) is 14.5 Å². The highest BCUT2D eigenvalue weighted by molar-refractivity contribution is 5.91. The maximum Gasteiger partial charge on any atom is 0.410 e. The molecule has 0 aromatic heterocycles. The van der Waals surface area contributed by atoms with Crippen molar-refractivity contribution < 1.29 is 33.8 Å². The summed E-state index contributed by atoms with van der Waals surface area (Å²) >= 11 is 0. The molecule has 0 aliphatic carbocycles. The van der Waals surface area contributed by atoms with E-state index in [1.54, 1.807) is 20.8 Å². The summed E-state index contributed by atoms with van der Waals surface area (Å²) in [7, 11) is 3.88. The number of nitrogens with zero attached hydrogens (tertiary/aromatic N) is 2. The maximum atomic E-state index is 13.0. The molecule has 0 heterocycles. The Balaban J connectivity index is 5.64. The first-order chi connectivity index (χ1) is 12.2. The maximum absolute atomic E-state index is 13.0. The van der Waals surface area contributed by atoms with Gasteiger partial charge in [-0.15, -0.1) is 0 Å². The van der Waals surface area contributed by atoms with Gasteiger partial charge in [0.15, 0.2) is 0 Å². The van der Waals surface area contributed by atoms with Crippen LogP contribution in [0.4, 0.5) is 4.79 Å². The van der Waals surface area contributed by atoms with Crippen molar-refractivity contribution in [3.05, 3.63) is 0 Å². The summed E-state index contributed by atoms with van der Waals surface area (Å²) in [6, 6.07) is -2.20. The SMILES string of the molecule is COC(=O)C(CC(=O)O)N(C)C(=O)[C@H](CC(C)C)N(C)C(=O)OC(C)(C)C. The zero-order valence-corrected chi connectivity index (χ0v) is 17.4. The van der Waals surface area contributed by atoms with Crippen LogP contribution in [0.25, 0.3) is 0 Å². The summed E-state index contributed by atoms with van der Waals surface area (Å²) in [6.07, 6.45) is -0.956. The van der Waals surface area contributed by atoms with E-state index in [4.69, 9.17) is 9.84 Å². The smallest absolute Gasteiger partial charge is 0.410 e. The minimum absolute atomic E-state index is 0.0632. The molecule has 0 bridgehead atoms. The van der Waals surface area contributed by atoms with Gasteiger partial charge in [-0.1, -0.05) is 13.8 Å². The number of hydrogen-bond acceptors (Lipinski definition) is 6. The number of carboxylic acids is 1. The van der Waals surface area contributed by atoms with Crippen LogP contribution in [0.3, 0.4) is 0 Å². The molecule has 9 heteroatoms. The third-order valence-corrected chi connectivity index (χ3v) is 3.79. The summed E-state index contributed by atoms with van der Waals surface area (Å²) in [5, 5.41) is 9.04. The second kappa shape index (κ2) is 10.1. The zero-order chi connectivity index (χ0) is 21.5. The molecule has 2 atom stereocenters. The van der Waals surface area contributed by atoms with E-state index in [1.807, 2.05) is 13.8 Å². The lowest BCUT2D eigenvalue weighted by Gasteiger charge is -2.35. The first kappa shape index (κ1) is 24.7. The zero-order valence-electron chi connectivity index (χ0n) is 17.4. The molecule has 0 rings (SSSR count). The Labute approximate surface area is 160 Å². The Morgan fingerprint density at radius 2 is 1.52 bits per heavy atom.